The molecule has 0 spiro atoms. The Bertz CT molecular complexity index is 296. The number of aliphatic hydroxyl groups excluding tert-OH is 1. The van der Waals surface area contributed by atoms with Gasteiger partial charge in [0.2, 0.25) is 0 Å². The Morgan fingerprint density at radius 1 is 1.20 bits per heavy atom. The third kappa shape index (κ3) is 2.89. The van der Waals surface area contributed by atoms with Gasteiger partial charge in [-0.25, -0.2) is 0 Å². The van der Waals surface area contributed by atoms with Crippen molar-refractivity contribution in [3.8, 4) is 0 Å². The number of unbranched alkanes of at least 4 members (excludes halogenated alkanes) is 3. The summed E-state index contributed by atoms with van der Waals surface area (Å²) in [5.74, 6) is 0. The maximum atomic E-state index is 9.98. The summed E-state index contributed by atoms with van der Waals surface area (Å²) in [5, 5.41) is 9.98. The molecule has 1 unspecified atom stereocenters. The van der Waals surface area contributed by atoms with Crippen LogP contribution in [0.1, 0.15) is 59.3 Å². The van der Waals surface area contributed by atoms with Crippen LogP contribution in [0.3, 0.4) is 0 Å². The first-order valence-electron chi connectivity index (χ1n) is 8.28. The second-order valence-corrected chi connectivity index (χ2v) is 6.04. The number of ether oxygens (including phenoxy) is 3. The number of hydrogen-bond acceptors (Lipinski definition) is 4. The summed E-state index contributed by atoms with van der Waals surface area (Å²) in [6.07, 6.45) is 5.76. The summed E-state index contributed by atoms with van der Waals surface area (Å²) in [6.45, 7) is 7.59. The van der Waals surface area contributed by atoms with Crippen LogP contribution in [0.25, 0.3) is 0 Å². The smallest absolute Gasteiger partial charge is 0.123 e. The maximum absolute atomic E-state index is 9.98. The lowest BCUT2D eigenvalue weighted by molar-refractivity contribution is -0.148. The van der Waals surface area contributed by atoms with Gasteiger partial charge >= 0.3 is 0 Å². The third-order valence-electron chi connectivity index (χ3n) is 4.76. The van der Waals surface area contributed by atoms with E-state index in [0.29, 0.717) is 6.61 Å². The molecule has 0 radical (unpaired) electrons. The zero-order chi connectivity index (χ0) is 14.6. The van der Waals surface area contributed by atoms with Crippen molar-refractivity contribution in [2.75, 3.05) is 13.2 Å². The lowest BCUT2D eigenvalue weighted by atomic mass is 9.86. The molecule has 4 heteroatoms. The Balaban J connectivity index is 1.98. The molecule has 2 aliphatic heterocycles. The van der Waals surface area contributed by atoms with E-state index in [1.54, 1.807) is 0 Å². The molecule has 0 aromatic carbocycles. The van der Waals surface area contributed by atoms with Crippen molar-refractivity contribution in [2.24, 2.45) is 0 Å². The zero-order valence-corrected chi connectivity index (χ0v) is 13.1. The normalized spacial score (nSPS) is 40.2. The van der Waals surface area contributed by atoms with Crippen molar-refractivity contribution >= 4 is 0 Å². The molecule has 5 atom stereocenters. The molecule has 2 aliphatic rings. The van der Waals surface area contributed by atoms with Crippen molar-refractivity contribution < 1.29 is 19.3 Å². The molecule has 0 aromatic rings. The fraction of sp³-hybridized carbons (Fsp3) is 1.00. The van der Waals surface area contributed by atoms with Crippen molar-refractivity contribution in [3.05, 3.63) is 0 Å². The lowest BCUT2D eigenvalue weighted by Gasteiger charge is -2.36. The zero-order valence-electron chi connectivity index (χ0n) is 13.1. The molecular formula is C16H30O4. The highest BCUT2D eigenvalue weighted by Gasteiger charge is 2.61. The fourth-order valence-corrected chi connectivity index (χ4v) is 3.60. The molecule has 0 amide bonds. The van der Waals surface area contributed by atoms with Crippen LogP contribution in [0.2, 0.25) is 0 Å². The van der Waals surface area contributed by atoms with Crippen LogP contribution < -0.4 is 0 Å². The van der Waals surface area contributed by atoms with Gasteiger partial charge in [0.25, 0.3) is 0 Å². The monoisotopic (exact) mass is 286 g/mol. The summed E-state index contributed by atoms with van der Waals surface area (Å²) >= 11 is 0. The summed E-state index contributed by atoms with van der Waals surface area (Å²) in [5.41, 5.74) is -0.372. The highest BCUT2D eigenvalue weighted by Crippen LogP contribution is 2.44. The van der Waals surface area contributed by atoms with E-state index in [2.05, 4.69) is 20.8 Å². The van der Waals surface area contributed by atoms with E-state index >= 15 is 0 Å². The van der Waals surface area contributed by atoms with Crippen LogP contribution in [-0.4, -0.2) is 48.3 Å². The largest absolute Gasteiger partial charge is 0.388 e. The Labute approximate surface area is 122 Å². The predicted molar refractivity (Wildman–Crippen MR) is 77.8 cm³/mol. The van der Waals surface area contributed by atoms with E-state index in [1.807, 2.05) is 0 Å². The molecule has 2 fully saturated rings. The van der Waals surface area contributed by atoms with Crippen molar-refractivity contribution in [3.63, 3.8) is 0 Å². The molecule has 20 heavy (non-hydrogen) atoms. The number of hydrogen-bond donors (Lipinski definition) is 1. The standard InChI is InChI=1S/C16H30O4/c1-4-7-8-9-10-19-16(6-3)13(5-2)20-14-12(17)11-18-15(14)16/h12-15,17H,4-11H2,1-3H3/t12-,13?,14-,15+,16+/m1/s1. The van der Waals surface area contributed by atoms with Crippen LogP contribution >= 0.6 is 0 Å². The summed E-state index contributed by atoms with van der Waals surface area (Å²) < 4.78 is 18.1. The maximum Gasteiger partial charge on any atom is 0.123 e. The van der Waals surface area contributed by atoms with Gasteiger partial charge in [0.15, 0.2) is 0 Å². The van der Waals surface area contributed by atoms with Gasteiger partial charge in [0, 0.05) is 6.61 Å². The molecule has 2 heterocycles. The van der Waals surface area contributed by atoms with Crippen LogP contribution in [0.15, 0.2) is 0 Å². The van der Waals surface area contributed by atoms with Gasteiger partial charge in [-0.15, -0.1) is 0 Å². The minimum Gasteiger partial charge on any atom is -0.388 e. The summed E-state index contributed by atoms with van der Waals surface area (Å²) in [7, 11) is 0. The van der Waals surface area contributed by atoms with Gasteiger partial charge in [-0.05, 0) is 19.3 Å². The Kier molecular flexibility index (Phi) is 5.84. The van der Waals surface area contributed by atoms with E-state index in [-0.39, 0.29) is 23.9 Å². The second kappa shape index (κ2) is 7.21. The summed E-state index contributed by atoms with van der Waals surface area (Å²) in [6, 6.07) is 0. The SMILES string of the molecule is CCCCCCO[C@@]1(CC)C(CC)O[C@@H]2[C@H](O)CO[C@@H]21. The van der Waals surface area contributed by atoms with Gasteiger partial charge in [0.1, 0.15) is 23.9 Å². The minimum atomic E-state index is -0.508. The van der Waals surface area contributed by atoms with Gasteiger partial charge in [-0.3, -0.25) is 0 Å². The van der Waals surface area contributed by atoms with E-state index in [4.69, 9.17) is 14.2 Å². The first-order chi connectivity index (χ1) is 9.69. The van der Waals surface area contributed by atoms with E-state index in [0.717, 1.165) is 25.9 Å². The average Bonchev–Trinajstić information content (AvgIpc) is 2.97. The second-order valence-electron chi connectivity index (χ2n) is 6.04. The molecule has 4 nitrogen and oxygen atoms in total. The number of fused-ring (bicyclic) bond motifs is 1. The fourth-order valence-electron chi connectivity index (χ4n) is 3.60. The average molecular weight is 286 g/mol. The predicted octanol–water partition coefficient (Wildman–Crippen LogP) is 2.67. The molecular weight excluding hydrogens is 256 g/mol. The highest BCUT2D eigenvalue weighted by atomic mass is 16.6. The van der Waals surface area contributed by atoms with Crippen molar-refractivity contribution in [1.29, 1.82) is 0 Å². The molecule has 1 N–H and O–H groups in total. The molecule has 0 aromatic heterocycles. The molecule has 2 saturated heterocycles. The van der Waals surface area contributed by atoms with E-state index < -0.39 is 6.10 Å². The molecule has 0 aliphatic carbocycles. The number of aliphatic hydroxyl groups is 1. The van der Waals surface area contributed by atoms with Gasteiger partial charge < -0.3 is 19.3 Å². The van der Waals surface area contributed by atoms with Gasteiger partial charge in [-0.1, -0.05) is 40.0 Å². The van der Waals surface area contributed by atoms with E-state index in [1.165, 1.54) is 19.3 Å². The minimum absolute atomic E-state index is 0.0311. The number of rotatable bonds is 8. The Hall–Kier alpha value is -0.160. The first kappa shape index (κ1) is 16.2. The Morgan fingerprint density at radius 2 is 2.00 bits per heavy atom. The molecule has 2 rings (SSSR count). The van der Waals surface area contributed by atoms with Crippen LogP contribution in [0.5, 0.6) is 0 Å². The molecule has 118 valence electrons. The van der Waals surface area contributed by atoms with Crippen LogP contribution in [-0.2, 0) is 14.2 Å². The summed E-state index contributed by atoms with van der Waals surface area (Å²) in [4.78, 5) is 0. The highest BCUT2D eigenvalue weighted by molar-refractivity contribution is 5.09. The van der Waals surface area contributed by atoms with Crippen LogP contribution in [0.4, 0.5) is 0 Å². The van der Waals surface area contributed by atoms with Gasteiger partial charge in [0.05, 0.1) is 12.7 Å². The lowest BCUT2D eigenvalue weighted by Crippen LogP contribution is -2.50. The van der Waals surface area contributed by atoms with E-state index in [9.17, 15) is 5.11 Å². The van der Waals surface area contributed by atoms with Crippen molar-refractivity contribution in [2.45, 2.75) is 89.3 Å². The quantitative estimate of drug-likeness (QED) is 0.697. The molecule has 0 bridgehead atoms. The topological polar surface area (TPSA) is 47.9 Å². The first-order valence-corrected chi connectivity index (χ1v) is 8.28. The van der Waals surface area contributed by atoms with Crippen LogP contribution in [0, 0.1) is 0 Å². The van der Waals surface area contributed by atoms with Crippen molar-refractivity contribution in [1.82, 2.24) is 0 Å². The van der Waals surface area contributed by atoms with Gasteiger partial charge in [-0.2, -0.15) is 0 Å². The third-order valence-corrected chi connectivity index (χ3v) is 4.76. The molecule has 0 saturated carbocycles. The Morgan fingerprint density at radius 3 is 2.65 bits per heavy atom.